The first-order chi connectivity index (χ1) is 8.58. The van der Waals surface area contributed by atoms with Crippen molar-refractivity contribution >= 4 is 8.32 Å². The molecule has 2 atom stereocenters. The van der Waals surface area contributed by atoms with Crippen molar-refractivity contribution in [3.63, 3.8) is 0 Å². The highest BCUT2D eigenvalue weighted by Gasteiger charge is 2.40. The second-order valence-corrected chi connectivity index (χ2v) is 11.5. The highest BCUT2D eigenvalue weighted by atomic mass is 28.4. The molecule has 0 aromatic heterocycles. The summed E-state index contributed by atoms with van der Waals surface area (Å²) in [7, 11) is -1.85. The Bertz CT molecular complexity index is 426. The van der Waals surface area contributed by atoms with Crippen LogP contribution in [0.5, 0.6) is 0 Å². The number of hydrogen-bond donors (Lipinski definition) is 1. The molecule has 1 aliphatic carbocycles. The van der Waals surface area contributed by atoms with E-state index in [0.717, 1.165) is 5.57 Å². The van der Waals surface area contributed by atoms with E-state index in [0.29, 0.717) is 18.4 Å². The first kappa shape index (κ1) is 16.2. The molecule has 0 aromatic carbocycles. The summed E-state index contributed by atoms with van der Waals surface area (Å²) >= 11 is 0. The molecule has 1 N–H and O–H groups in total. The van der Waals surface area contributed by atoms with Gasteiger partial charge in [0.25, 0.3) is 0 Å². The minimum absolute atomic E-state index is 0.0130. The number of nitrogens with zero attached hydrogens (tertiary/aromatic N) is 1. The van der Waals surface area contributed by atoms with Crippen molar-refractivity contribution in [1.82, 2.24) is 0 Å². The lowest BCUT2D eigenvalue weighted by atomic mass is 9.86. The predicted molar refractivity (Wildman–Crippen MR) is 80.1 cm³/mol. The van der Waals surface area contributed by atoms with Gasteiger partial charge in [0.15, 0.2) is 8.32 Å². The lowest BCUT2D eigenvalue weighted by molar-refractivity contribution is 0.0924. The van der Waals surface area contributed by atoms with E-state index in [1.807, 2.05) is 6.07 Å². The fourth-order valence-corrected chi connectivity index (χ4v) is 3.34. The number of aliphatic hydroxyl groups excluding tert-OH is 1. The first-order valence-corrected chi connectivity index (χ1v) is 9.63. The first-order valence-electron chi connectivity index (χ1n) is 6.72. The largest absolute Gasteiger partial charge is 0.413 e. The van der Waals surface area contributed by atoms with Crippen LogP contribution < -0.4 is 0 Å². The van der Waals surface area contributed by atoms with Crippen molar-refractivity contribution in [3.8, 4) is 6.07 Å². The van der Waals surface area contributed by atoms with Gasteiger partial charge in [-0.1, -0.05) is 27.4 Å². The molecule has 19 heavy (non-hydrogen) atoms. The van der Waals surface area contributed by atoms with Crippen molar-refractivity contribution in [2.24, 2.45) is 0 Å². The van der Waals surface area contributed by atoms with Crippen LogP contribution in [0.4, 0.5) is 0 Å². The Morgan fingerprint density at radius 1 is 1.47 bits per heavy atom. The number of hydrogen-bond acceptors (Lipinski definition) is 3. The summed E-state index contributed by atoms with van der Waals surface area (Å²) in [5.74, 6) is 0. The van der Waals surface area contributed by atoms with Crippen LogP contribution in [0.1, 0.15) is 33.6 Å². The molecular formula is C15H25NO2Si. The average molecular weight is 279 g/mol. The van der Waals surface area contributed by atoms with Gasteiger partial charge in [-0.25, -0.2) is 0 Å². The quantitative estimate of drug-likeness (QED) is 0.621. The maximum Gasteiger partial charge on any atom is 0.192 e. The summed E-state index contributed by atoms with van der Waals surface area (Å²) < 4.78 is 6.33. The van der Waals surface area contributed by atoms with Crippen LogP contribution in [-0.2, 0) is 4.43 Å². The monoisotopic (exact) mass is 279 g/mol. The van der Waals surface area contributed by atoms with Gasteiger partial charge in [-0.2, -0.15) is 5.26 Å². The molecule has 0 saturated heterocycles. The molecule has 106 valence electrons. The minimum atomic E-state index is -1.85. The standard InChI is InChI=1S/C15H25NO2Si/c1-11-12(7-8-16)9-13(10-14(11)17)18-19(5,6)15(2,3)4/h7,13-14,17H,1,9-10H2,2-6H3/b12-7+/t13-,14+/m1/s1. The molecule has 0 spiro atoms. The van der Waals surface area contributed by atoms with E-state index in [-0.39, 0.29) is 11.1 Å². The zero-order valence-corrected chi connectivity index (χ0v) is 13.7. The molecule has 0 bridgehead atoms. The molecule has 1 fully saturated rings. The van der Waals surface area contributed by atoms with Gasteiger partial charge in [-0.3, -0.25) is 0 Å². The Morgan fingerprint density at radius 2 is 2.05 bits per heavy atom. The second kappa shape index (κ2) is 5.62. The highest BCUT2D eigenvalue weighted by Crippen LogP contribution is 2.40. The molecule has 4 heteroatoms. The summed E-state index contributed by atoms with van der Waals surface area (Å²) in [6.45, 7) is 14.9. The lowest BCUT2D eigenvalue weighted by Gasteiger charge is -2.41. The normalized spacial score (nSPS) is 27.4. The molecule has 0 amide bonds. The molecular weight excluding hydrogens is 254 g/mol. The van der Waals surface area contributed by atoms with E-state index in [1.54, 1.807) is 0 Å². The lowest BCUT2D eigenvalue weighted by Crippen LogP contribution is -2.45. The summed E-state index contributed by atoms with van der Waals surface area (Å²) in [5, 5.41) is 19.0. The summed E-state index contributed by atoms with van der Waals surface area (Å²) in [6.07, 6.45) is 2.13. The van der Waals surface area contributed by atoms with Crippen molar-refractivity contribution in [3.05, 3.63) is 23.8 Å². The van der Waals surface area contributed by atoms with Crippen LogP contribution in [-0.4, -0.2) is 25.6 Å². The zero-order chi connectivity index (χ0) is 14.8. The van der Waals surface area contributed by atoms with Gasteiger partial charge in [0.05, 0.1) is 18.3 Å². The van der Waals surface area contributed by atoms with Gasteiger partial charge in [0, 0.05) is 12.5 Å². The maximum absolute atomic E-state index is 10.0. The Labute approximate surface area is 117 Å². The van der Waals surface area contributed by atoms with E-state index in [1.165, 1.54) is 6.08 Å². The number of rotatable bonds is 2. The van der Waals surface area contributed by atoms with E-state index in [4.69, 9.17) is 9.69 Å². The third kappa shape index (κ3) is 3.79. The smallest absolute Gasteiger partial charge is 0.192 e. The topological polar surface area (TPSA) is 53.2 Å². The van der Waals surface area contributed by atoms with E-state index >= 15 is 0 Å². The molecule has 0 aliphatic heterocycles. The SMILES string of the molecule is C=C1/C(=C/C#N)C[C@@H](O[Si](C)(C)C(C)(C)C)C[C@@H]1O. The third-order valence-corrected chi connectivity index (χ3v) is 8.79. The van der Waals surface area contributed by atoms with Gasteiger partial charge in [0.1, 0.15) is 0 Å². The Hall–Kier alpha value is -0.893. The minimum Gasteiger partial charge on any atom is -0.413 e. The summed E-state index contributed by atoms with van der Waals surface area (Å²) in [6, 6.07) is 2.02. The van der Waals surface area contributed by atoms with E-state index in [2.05, 4.69) is 40.4 Å². The second-order valence-electron chi connectivity index (χ2n) is 6.78. The number of aliphatic hydroxyl groups is 1. The average Bonchev–Trinajstić information content (AvgIpc) is 2.23. The van der Waals surface area contributed by atoms with Gasteiger partial charge < -0.3 is 9.53 Å². The van der Waals surface area contributed by atoms with Crippen molar-refractivity contribution in [2.45, 2.75) is 64.0 Å². The molecule has 0 aromatic rings. The molecule has 3 nitrogen and oxygen atoms in total. The van der Waals surface area contributed by atoms with Crippen LogP contribution in [0.2, 0.25) is 18.1 Å². The molecule has 0 radical (unpaired) electrons. The highest BCUT2D eigenvalue weighted by molar-refractivity contribution is 6.74. The van der Waals surface area contributed by atoms with Crippen LogP contribution in [0.3, 0.4) is 0 Å². The molecule has 1 saturated carbocycles. The summed E-state index contributed by atoms with van der Waals surface area (Å²) in [4.78, 5) is 0. The van der Waals surface area contributed by atoms with Gasteiger partial charge in [0.2, 0.25) is 0 Å². The van der Waals surface area contributed by atoms with Gasteiger partial charge in [-0.15, -0.1) is 0 Å². The van der Waals surface area contributed by atoms with Crippen molar-refractivity contribution < 1.29 is 9.53 Å². The zero-order valence-electron chi connectivity index (χ0n) is 12.7. The Morgan fingerprint density at radius 3 is 2.53 bits per heavy atom. The van der Waals surface area contributed by atoms with E-state index in [9.17, 15) is 5.11 Å². The Balaban J connectivity index is 2.85. The third-order valence-electron chi connectivity index (χ3n) is 4.25. The number of nitriles is 1. The summed E-state index contributed by atoms with van der Waals surface area (Å²) in [5.41, 5.74) is 1.49. The number of allylic oxidation sites excluding steroid dienone is 1. The van der Waals surface area contributed by atoms with Crippen LogP contribution in [0, 0.1) is 11.3 Å². The predicted octanol–water partition coefficient (Wildman–Crippen LogP) is 3.54. The molecule has 1 rings (SSSR count). The fraction of sp³-hybridized carbons (Fsp3) is 0.667. The van der Waals surface area contributed by atoms with Crippen LogP contribution in [0.15, 0.2) is 23.8 Å². The molecule has 1 aliphatic rings. The Kier molecular flexibility index (Phi) is 4.78. The van der Waals surface area contributed by atoms with Crippen molar-refractivity contribution in [1.29, 1.82) is 5.26 Å². The van der Waals surface area contributed by atoms with Gasteiger partial charge in [-0.05, 0) is 35.7 Å². The van der Waals surface area contributed by atoms with Crippen LogP contribution in [0.25, 0.3) is 0 Å². The molecule has 0 unspecified atom stereocenters. The maximum atomic E-state index is 10.0. The van der Waals surface area contributed by atoms with Crippen LogP contribution >= 0.6 is 0 Å². The van der Waals surface area contributed by atoms with Gasteiger partial charge >= 0.3 is 0 Å². The van der Waals surface area contributed by atoms with Crippen molar-refractivity contribution in [2.75, 3.05) is 0 Å². The van der Waals surface area contributed by atoms with E-state index < -0.39 is 14.4 Å². The fourth-order valence-electron chi connectivity index (χ4n) is 1.98. The molecule has 0 heterocycles.